The van der Waals surface area contributed by atoms with Gasteiger partial charge in [0.1, 0.15) is 18.2 Å². The molecule has 0 radical (unpaired) electrons. The fraction of sp³-hybridized carbons (Fsp3) is 0.667. The summed E-state index contributed by atoms with van der Waals surface area (Å²) in [7, 11) is 1.27. The zero-order valence-electron chi connectivity index (χ0n) is 13.8. The van der Waals surface area contributed by atoms with Crippen molar-refractivity contribution in [1.82, 2.24) is 9.80 Å². The monoisotopic (exact) mass is 312 g/mol. The number of hydrogen-bond donors (Lipinski definition) is 0. The number of amides is 2. The van der Waals surface area contributed by atoms with E-state index in [0.29, 0.717) is 6.54 Å². The fourth-order valence-corrected chi connectivity index (χ4v) is 1.95. The topological polar surface area (TPSA) is 76.2 Å². The lowest BCUT2D eigenvalue weighted by atomic mass is 10.2. The van der Waals surface area contributed by atoms with Crippen molar-refractivity contribution >= 4 is 18.0 Å². The van der Waals surface area contributed by atoms with Gasteiger partial charge < -0.3 is 14.4 Å². The van der Waals surface area contributed by atoms with Crippen LogP contribution in [0.1, 0.15) is 27.7 Å². The molecule has 1 aliphatic rings. The normalized spacial score (nSPS) is 21.0. The Labute approximate surface area is 130 Å². The molecule has 0 N–H and O–H groups in total. The first-order valence-corrected chi connectivity index (χ1v) is 7.16. The van der Waals surface area contributed by atoms with Crippen LogP contribution >= 0.6 is 0 Å². The molecular weight excluding hydrogens is 288 g/mol. The molecule has 22 heavy (non-hydrogen) atoms. The first kappa shape index (κ1) is 18.0. The molecule has 0 fully saturated rings. The Kier molecular flexibility index (Phi) is 5.96. The van der Waals surface area contributed by atoms with Crippen molar-refractivity contribution in [3.05, 3.63) is 12.2 Å². The molecule has 1 aliphatic heterocycles. The Hall–Kier alpha value is -2.05. The Bertz CT molecular complexity index is 467. The van der Waals surface area contributed by atoms with Crippen LogP contribution in [0, 0.1) is 0 Å². The van der Waals surface area contributed by atoms with Crippen molar-refractivity contribution in [1.29, 1.82) is 0 Å². The molecule has 1 heterocycles. The van der Waals surface area contributed by atoms with Gasteiger partial charge >= 0.3 is 12.1 Å². The number of nitrogens with zero attached hydrogens (tertiary/aromatic N) is 2. The van der Waals surface area contributed by atoms with E-state index in [1.807, 2.05) is 0 Å². The average molecular weight is 312 g/mol. The van der Waals surface area contributed by atoms with Crippen molar-refractivity contribution in [3.63, 3.8) is 0 Å². The number of methoxy groups -OCH3 is 1. The van der Waals surface area contributed by atoms with Gasteiger partial charge in [0.15, 0.2) is 0 Å². The summed E-state index contributed by atoms with van der Waals surface area (Å²) in [6.45, 7) is 7.36. The predicted octanol–water partition coefficient (Wildman–Crippen LogP) is 1.18. The number of hydrogen-bond acceptors (Lipinski definition) is 5. The van der Waals surface area contributed by atoms with E-state index in [9.17, 15) is 14.4 Å². The lowest BCUT2D eigenvalue weighted by Crippen LogP contribution is -2.52. The van der Waals surface area contributed by atoms with Gasteiger partial charge in [0.05, 0.1) is 7.11 Å². The van der Waals surface area contributed by atoms with Crippen molar-refractivity contribution in [2.45, 2.75) is 39.3 Å². The summed E-state index contributed by atoms with van der Waals surface area (Å²) in [6, 6.07) is -0.718. The molecule has 7 heteroatoms. The molecule has 0 saturated carbocycles. The molecule has 1 rings (SSSR count). The number of carbonyl (C=O) groups is 3. The maximum atomic E-state index is 12.5. The zero-order valence-corrected chi connectivity index (χ0v) is 13.8. The first-order chi connectivity index (χ1) is 10.2. The van der Waals surface area contributed by atoms with E-state index in [1.165, 1.54) is 16.9 Å². The molecule has 0 unspecified atom stereocenters. The minimum Gasteiger partial charge on any atom is -0.468 e. The summed E-state index contributed by atoms with van der Waals surface area (Å²) in [6.07, 6.45) is 2.96. The maximum absolute atomic E-state index is 12.5. The first-order valence-electron chi connectivity index (χ1n) is 7.16. The summed E-state index contributed by atoms with van der Waals surface area (Å²) in [5.41, 5.74) is -0.641. The Morgan fingerprint density at radius 3 is 2.41 bits per heavy atom. The summed E-state index contributed by atoms with van der Waals surface area (Å²) in [5.74, 6) is -0.820. The highest BCUT2D eigenvalue weighted by Crippen LogP contribution is 2.14. The highest BCUT2D eigenvalue weighted by molar-refractivity contribution is 5.88. The molecule has 0 aromatic heterocycles. The van der Waals surface area contributed by atoms with Gasteiger partial charge in [0.25, 0.3) is 0 Å². The van der Waals surface area contributed by atoms with Gasteiger partial charge in [-0.2, -0.15) is 0 Å². The Morgan fingerprint density at radius 2 is 1.86 bits per heavy atom. The molecular formula is C15H24N2O5. The predicted molar refractivity (Wildman–Crippen MR) is 80.1 cm³/mol. The van der Waals surface area contributed by atoms with Crippen LogP contribution in [-0.2, 0) is 19.1 Å². The van der Waals surface area contributed by atoms with Crippen molar-refractivity contribution < 1.29 is 23.9 Å². The third-order valence-electron chi connectivity index (χ3n) is 3.11. The van der Waals surface area contributed by atoms with E-state index in [-0.39, 0.29) is 19.0 Å². The van der Waals surface area contributed by atoms with Crippen molar-refractivity contribution in [2.75, 3.05) is 26.7 Å². The van der Waals surface area contributed by atoms with Crippen LogP contribution in [0.3, 0.4) is 0 Å². The van der Waals surface area contributed by atoms with Gasteiger partial charge in [-0.25, -0.2) is 4.79 Å². The van der Waals surface area contributed by atoms with Crippen LogP contribution in [0.5, 0.6) is 0 Å². The van der Waals surface area contributed by atoms with E-state index in [4.69, 9.17) is 4.74 Å². The molecule has 0 spiro atoms. The van der Waals surface area contributed by atoms with Crippen LogP contribution in [0.4, 0.5) is 4.79 Å². The second-order valence-corrected chi connectivity index (χ2v) is 6.07. The van der Waals surface area contributed by atoms with Gasteiger partial charge in [-0.05, 0) is 27.7 Å². The number of carbonyl (C=O) groups excluding carboxylic acids is 3. The van der Waals surface area contributed by atoms with Gasteiger partial charge in [-0.3, -0.25) is 14.5 Å². The second kappa shape index (κ2) is 7.29. The lowest BCUT2D eigenvalue weighted by Gasteiger charge is -2.34. The quantitative estimate of drug-likeness (QED) is 0.565. The third kappa shape index (κ3) is 5.05. The fourth-order valence-electron chi connectivity index (χ4n) is 1.95. The number of esters is 1. The second-order valence-electron chi connectivity index (χ2n) is 6.07. The van der Waals surface area contributed by atoms with E-state index in [2.05, 4.69) is 4.74 Å². The lowest BCUT2D eigenvalue weighted by molar-refractivity contribution is -0.148. The highest BCUT2D eigenvalue weighted by atomic mass is 16.6. The van der Waals surface area contributed by atoms with Gasteiger partial charge in [-0.15, -0.1) is 0 Å². The molecule has 2 amide bonds. The molecule has 0 bridgehead atoms. The van der Waals surface area contributed by atoms with Crippen LogP contribution in [0.2, 0.25) is 0 Å². The standard InChI is InChI=1S/C15H24N2O5/c1-11-13(19)16(10-12(18)21-5)8-6-7-9-17(11)14(20)22-15(2,3)4/h6-7,11H,8-10H2,1-5H3/b7-6-/t11-/m0/s1. The van der Waals surface area contributed by atoms with Gasteiger partial charge in [-0.1, -0.05) is 12.2 Å². The molecule has 124 valence electrons. The van der Waals surface area contributed by atoms with Crippen molar-refractivity contribution in [3.8, 4) is 0 Å². The minimum absolute atomic E-state index is 0.147. The SMILES string of the molecule is COC(=O)CN1C/C=C\CN(C(=O)OC(C)(C)C)[C@@H](C)C1=O. The highest BCUT2D eigenvalue weighted by Gasteiger charge is 2.33. The van der Waals surface area contributed by atoms with Gasteiger partial charge in [0.2, 0.25) is 5.91 Å². The van der Waals surface area contributed by atoms with E-state index < -0.39 is 23.7 Å². The zero-order chi connectivity index (χ0) is 16.9. The van der Waals surface area contributed by atoms with Gasteiger partial charge in [0, 0.05) is 13.1 Å². The molecule has 1 atom stereocenters. The van der Waals surface area contributed by atoms with Crippen LogP contribution in [0.25, 0.3) is 0 Å². The summed E-state index contributed by atoms with van der Waals surface area (Å²) >= 11 is 0. The Balaban J connectivity index is 2.89. The third-order valence-corrected chi connectivity index (χ3v) is 3.11. The summed E-state index contributed by atoms with van der Waals surface area (Å²) in [4.78, 5) is 38.8. The molecule has 0 aliphatic carbocycles. The Morgan fingerprint density at radius 1 is 1.27 bits per heavy atom. The van der Waals surface area contributed by atoms with E-state index >= 15 is 0 Å². The average Bonchev–Trinajstić information content (AvgIpc) is 2.40. The maximum Gasteiger partial charge on any atom is 0.411 e. The molecule has 0 aromatic rings. The van der Waals surface area contributed by atoms with E-state index in [0.717, 1.165) is 0 Å². The molecule has 7 nitrogen and oxygen atoms in total. The molecule has 0 saturated heterocycles. The summed E-state index contributed by atoms with van der Waals surface area (Å²) < 4.78 is 9.91. The minimum atomic E-state index is -0.718. The van der Waals surface area contributed by atoms with Crippen LogP contribution in [-0.4, -0.2) is 66.2 Å². The van der Waals surface area contributed by atoms with Crippen molar-refractivity contribution in [2.24, 2.45) is 0 Å². The smallest absolute Gasteiger partial charge is 0.411 e. The summed E-state index contributed by atoms with van der Waals surface area (Å²) in [5, 5.41) is 0. The van der Waals surface area contributed by atoms with Crippen LogP contribution in [0.15, 0.2) is 12.2 Å². The van der Waals surface area contributed by atoms with Crippen LogP contribution < -0.4 is 0 Å². The largest absolute Gasteiger partial charge is 0.468 e. The van der Waals surface area contributed by atoms with E-state index in [1.54, 1.807) is 39.8 Å². The number of rotatable bonds is 2. The number of ether oxygens (including phenoxy) is 2. The molecule has 0 aromatic carbocycles.